The number of carbonyl (C=O) groups excluding carboxylic acids is 1. The second-order valence-corrected chi connectivity index (χ2v) is 7.41. The average Bonchev–Trinajstić information content (AvgIpc) is 3.04. The summed E-state index contributed by atoms with van der Waals surface area (Å²) in [5.74, 6) is -0.418. The highest BCUT2D eigenvalue weighted by molar-refractivity contribution is 5.94. The molecular weight excluding hydrogens is 329 g/mol. The number of benzene rings is 1. The quantitative estimate of drug-likeness (QED) is 0.847. The van der Waals surface area contributed by atoms with Gasteiger partial charge < -0.3 is 4.90 Å². The van der Waals surface area contributed by atoms with Gasteiger partial charge in [-0.15, -0.1) is 0 Å². The summed E-state index contributed by atoms with van der Waals surface area (Å²) in [6, 6.07) is 10.1. The van der Waals surface area contributed by atoms with Crippen molar-refractivity contribution in [2.24, 2.45) is 0 Å². The van der Waals surface area contributed by atoms with Crippen molar-refractivity contribution < 1.29 is 9.18 Å². The molecule has 0 N–H and O–H groups in total. The van der Waals surface area contributed by atoms with Crippen molar-refractivity contribution in [1.82, 2.24) is 14.8 Å². The van der Waals surface area contributed by atoms with Gasteiger partial charge in [-0.1, -0.05) is 12.1 Å². The predicted octanol–water partition coefficient (Wildman–Crippen LogP) is 3.49. The van der Waals surface area contributed by atoms with Crippen molar-refractivity contribution >= 4 is 5.91 Å². The third-order valence-electron chi connectivity index (χ3n) is 5.89. The van der Waals surface area contributed by atoms with E-state index in [4.69, 9.17) is 0 Å². The van der Waals surface area contributed by atoms with Crippen molar-refractivity contribution in [2.45, 2.75) is 37.8 Å². The Morgan fingerprint density at radius 2 is 1.96 bits per heavy atom. The van der Waals surface area contributed by atoms with Crippen LogP contribution < -0.4 is 0 Å². The van der Waals surface area contributed by atoms with E-state index < -0.39 is 0 Å². The number of piperidine rings is 1. The number of rotatable bonds is 3. The molecule has 2 saturated heterocycles. The van der Waals surface area contributed by atoms with E-state index in [-0.39, 0.29) is 17.3 Å². The fourth-order valence-electron chi connectivity index (χ4n) is 4.45. The Kier molecular flexibility index (Phi) is 4.72. The van der Waals surface area contributed by atoms with Crippen molar-refractivity contribution in [3.8, 4) is 0 Å². The van der Waals surface area contributed by atoms with Crippen molar-refractivity contribution in [3.05, 3.63) is 65.7 Å². The van der Waals surface area contributed by atoms with E-state index in [9.17, 15) is 9.18 Å². The summed E-state index contributed by atoms with van der Waals surface area (Å²) in [5.41, 5.74) is 1.88. The van der Waals surface area contributed by atoms with Crippen molar-refractivity contribution in [3.63, 3.8) is 0 Å². The van der Waals surface area contributed by atoms with E-state index in [2.05, 4.69) is 16.0 Å². The molecule has 0 atom stereocenters. The zero-order valence-electron chi connectivity index (χ0n) is 14.9. The molecule has 0 aliphatic carbocycles. The van der Waals surface area contributed by atoms with Gasteiger partial charge in [-0.3, -0.25) is 14.7 Å². The Morgan fingerprint density at radius 3 is 2.69 bits per heavy atom. The van der Waals surface area contributed by atoms with Crippen LogP contribution in [0, 0.1) is 5.82 Å². The van der Waals surface area contributed by atoms with Crippen LogP contribution in [-0.4, -0.2) is 45.9 Å². The molecule has 136 valence electrons. The Bertz CT molecular complexity index is 772. The van der Waals surface area contributed by atoms with Crippen LogP contribution in [0.2, 0.25) is 0 Å². The zero-order chi connectivity index (χ0) is 18.0. The molecule has 0 radical (unpaired) electrons. The van der Waals surface area contributed by atoms with Crippen molar-refractivity contribution in [2.75, 3.05) is 19.6 Å². The van der Waals surface area contributed by atoms with Crippen LogP contribution in [0.3, 0.4) is 0 Å². The lowest BCUT2D eigenvalue weighted by Crippen LogP contribution is -2.52. The maximum Gasteiger partial charge on any atom is 0.253 e. The SMILES string of the molecule is O=C(c1cccc(F)c1)N1CCC2(CCCN2Cc2cccnc2)CC1. The molecule has 1 aromatic heterocycles. The first-order valence-electron chi connectivity index (χ1n) is 9.35. The summed E-state index contributed by atoms with van der Waals surface area (Å²) >= 11 is 0. The van der Waals surface area contributed by atoms with E-state index in [0.717, 1.165) is 39.0 Å². The Labute approximate surface area is 153 Å². The lowest BCUT2D eigenvalue weighted by atomic mass is 9.84. The number of likely N-dealkylation sites (tertiary alicyclic amines) is 2. The first kappa shape index (κ1) is 17.2. The monoisotopic (exact) mass is 353 g/mol. The van der Waals surface area contributed by atoms with E-state index in [1.54, 1.807) is 18.3 Å². The molecule has 1 aromatic carbocycles. The number of amides is 1. The third-order valence-corrected chi connectivity index (χ3v) is 5.89. The lowest BCUT2D eigenvalue weighted by Gasteiger charge is -2.45. The Hall–Kier alpha value is -2.27. The second kappa shape index (κ2) is 7.16. The highest BCUT2D eigenvalue weighted by Gasteiger charge is 2.43. The van der Waals surface area contributed by atoms with Gasteiger partial charge in [-0.25, -0.2) is 4.39 Å². The number of hydrogen-bond donors (Lipinski definition) is 0. The minimum Gasteiger partial charge on any atom is -0.339 e. The van der Waals surface area contributed by atoms with Crippen LogP contribution >= 0.6 is 0 Å². The molecule has 2 aromatic rings. The van der Waals surface area contributed by atoms with Gasteiger partial charge in [0.25, 0.3) is 5.91 Å². The molecule has 4 rings (SSSR count). The molecular formula is C21H24FN3O. The van der Waals surface area contributed by atoms with E-state index in [1.807, 2.05) is 17.2 Å². The van der Waals surface area contributed by atoms with Gasteiger partial charge in [0.2, 0.25) is 0 Å². The summed E-state index contributed by atoms with van der Waals surface area (Å²) < 4.78 is 13.4. The lowest BCUT2D eigenvalue weighted by molar-refractivity contribution is 0.0383. The fourth-order valence-corrected chi connectivity index (χ4v) is 4.45. The van der Waals surface area contributed by atoms with Gasteiger partial charge in [-0.05, 0) is 62.1 Å². The zero-order valence-corrected chi connectivity index (χ0v) is 14.9. The normalized spacial score (nSPS) is 19.8. The third kappa shape index (κ3) is 3.36. The number of hydrogen-bond acceptors (Lipinski definition) is 3. The van der Waals surface area contributed by atoms with E-state index >= 15 is 0 Å². The largest absolute Gasteiger partial charge is 0.339 e. The fraction of sp³-hybridized carbons (Fsp3) is 0.429. The topological polar surface area (TPSA) is 36.4 Å². The van der Waals surface area contributed by atoms with Gasteiger partial charge in [-0.2, -0.15) is 0 Å². The number of nitrogens with zero attached hydrogens (tertiary/aromatic N) is 3. The summed E-state index contributed by atoms with van der Waals surface area (Å²) in [6.07, 6.45) is 8.10. The van der Waals surface area contributed by atoms with Crippen molar-refractivity contribution in [1.29, 1.82) is 0 Å². The van der Waals surface area contributed by atoms with E-state index in [0.29, 0.717) is 5.56 Å². The molecule has 2 fully saturated rings. The molecule has 0 bridgehead atoms. The van der Waals surface area contributed by atoms with E-state index in [1.165, 1.54) is 30.5 Å². The van der Waals surface area contributed by atoms with Crippen LogP contribution in [0.4, 0.5) is 4.39 Å². The first-order chi connectivity index (χ1) is 12.7. The number of carbonyl (C=O) groups is 1. The van der Waals surface area contributed by atoms with Crippen LogP contribution in [0.25, 0.3) is 0 Å². The summed E-state index contributed by atoms with van der Waals surface area (Å²) in [7, 11) is 0. The molecule has 26 heavy (non-hydrogen) atoms. The maximum absolute atomic E-state index is 13.4. The number of pyridine rings is 1. The molecule has 5 heteroatoms. The molecule has 4 nitrogen and oxygen atoms in total. The van der Waals surface area contributed by atoms with Gasteiger partial charge in [0.15, 0.2) is 0 Å². The smallest absolute Gasteiger partial charge is 0.253 e. The standard InChI is InChI=1S/C21H24FN3O/c22-19-6-1-5-18(14-19)20(26)24-12-8-21(9-13-24)7-3-11-25(21)16-17-4-2-10-23-15-17/h1-2,4-6,10,14-15H,3,7-9,11-13,16H2. The highest BCUT2D eigenvalue weighted by Crippen LogP contribution is 2.39. The average molecular weight is 353 g/mol. The molecule has 1 spiro atoms. The van der Waals surface area contributed by atoms with Gasteiger partial charge in [0.05, 0.1) is 0 Å². The second-order valence-electron chi connectivity index (χ2n) is 7.41. The van der Waals surface area contributed by atoms with Gasteiger partial charge in [0, 0.05) is 43.1 Å². The summed E-state index contributed by atoms with van der Waals surface area (Å²) in [4.78, 5) is 21.3. The predicted molar refractivity (Wildman–Crippen MR) is 98.1 cm³/mol. The molecule has 0 saturated carbocycles. The molecule has 2 aliphatic heterocycles. The molecule has 2 aliphatic rings. The van der Waals surface area contributed by atoms with Crippen LogP contribution in [0.5, 0.6) is 0 Å². The maximum atomic E-state index is 13.4. The summed E-state index contributed by atoms with van der Waals surface area (Å²) in [5, 5.41) is 0. The van der Waals surface area contributed by atoms with Crippen LogP contribution in [0.15, 0.2) is 48.8 Å². The Balaban J connectivity index is 1.42. The minimum absolute atomic E-state index is 0.0591. The van der Waals surface area contributed by atoms with Crippen LogP contribution in [-0.2, 0) is 6.54 Å². The molecule has 0 unspecified atom stereocenters. The van der Waals surface area contributed by atoms with Crippen LogP contribution in [0.1, 0.15) is 41.6 Å². The summed E-state index contributed by atoms with van der Waals surface area (Å²) in [6.45, 7) is 3.50. The first-order valence-corrected chi connectivity index (χ1v) is 9.35. The van der Waals surface area contributed by atoms with Gasteiger partial charge in [0.1, 0.15) is 5.82 Å². The highest BCUT2D eigenvalue weighted by atomic mass is 19.1. The number of halogens is 1. The van der Waals surface area contributed by atoms with Gasteiger partial charge >= 0.3 is 0 Å². The number of aromatic nitrogens is 1. The molecule has 3 heterocycles. The molecule has 1 amide bonds. The minimum atomic E-state index is -0.359. The Morgan fingerprint density at radius 1 is 1.12 bits per heavy atom.